The van der Waals surface area contributed by atoms with Gasteiger partial charge in [0.2, 0.25) is 4.77 Å². The third-order valence-electron chi connectivity index (χ3n) is 2.02. The topological polar surface area (TPSA) is 83.3 Å². The zero-order chi connectivity index (χ0) is 12.3. The summed E-state index contributed by atoms with van der Waals surface area (Å²) < 4.78 is 1.80. The highest BCUT2D eigenvalue weighted by molar-refractivity contribution is 7.71. The van der Waals surface area contributed by atoms with Gasteiger partial charge in [-0.15, -0.1) is 0 Å². The Bertz CT molecular complexity index is 612. The van der Waals surface area contributed by atoms with E-state index in [9.17, 15) is 4.79 Å². The Morgan fingerprint density at radius 3 is 2.71 bits per heavy atom. The van der Waals surface area contributed by atoms with Gasteiger partial charge in [0, 0.05) is 0 Å². The predicted octanol–water partition coefficient (Wildman–Crippen LogP) is 1.52. The Labute approximate surface area is 101 Å². The molecule has 7 heteroatoms. The number of hydrogen-bond donors (Lipinski definition) is 2. The van der Waals surface area contributed by atoms with Crippen molar-refractivity contribution in [1.82, 2.24) is 14.9 Å². The maximum absolute atomic E-state index is 10.6. The minimum absolute atomic E-state index is 0.238. The van der Waals surface area contributed by atoms with Gasteiger partial charge in [-0.05, 0) is 29.9 Å². The fourth-order valence-corrected chi connectivity index (χ4v) is 1.31. The van der Waals surface area contributed by atoms with Crippen LogP contribution in [0.4, 0.5) is 0 Å². The number of carboxylic acid groups (broad SMARTS) is 1. The first-order valence-corrected chi connectivity index (χ1v) is 5.07. The molecule has 2 N–H and O–H groups in total. The van der Waals surface area contributed by atoms with Crippen LogP contribution in [0.1, 0.15) is 15.9 Å². The van der Waals surface area contributed by atoms with Crippen LogP contribution in [0.2, 0.25) is 0 Å². The van der Waals surface area contributed by atoms with Crippen molar-refractivity contribution in [2.24, 2.45) is 5.10 Å². The number of benzene rings is 1. The third-order valence-corrected chi connectivity index (χ3v) is 2.30. The first kappa shape index (κ1) is 11.2. The second-order valence-electron chi connectivity index (χ2n) is 3.18. The van der Waals surface area contributed by atoms with Crippen LogP contribution in [0.3, 0.4) is 0 Å². The molecule has 1 aromatic carbocycles. The van der Waals surface area contributed by atoms with Crippen molar-refractivity contribution in [3.8, 4) is 0 Å². The summed E-state index contributed by atoms with van der Waals surface area (Å²) in [7, 11) is 0. The van der Waals surface area contributed by atoms with Gasteiger partial charge in [0.1, 0.15) is 6.33 Å². The van der Waals surface area contributed by atoms with E-state index in [-0.39, 0.29) is 5.56 Å². The fourth-order valence-electron chi connectivity index (χ4n) is 1.17. The zero-order valence-electron chi connectivity index (χ0n) is 8.57. The molecule has 1 aromatic heterocycles. The summed E-state index contributed by atoms with van der Waals surface area (Å²) in [6, 6.07) is 6.35. The molecule has 17 heavy (non-hydrogen) atoms. The number of H-pyrrole nitrogens is 1. The van der Waals surface area contributed by atoms with E-state index in [1.54, 1.807) is 18.3 Å². The summed E-state index contributed by atoms with van der Waals surface area (Å²) in [5, 5.41) is 19.1. The minimum atomic E-state index is -0.953. The van der Waals surface area contributed by atoms with Gasteiger partial charge in [-0.2, -0.15) is 14.9 Å². The molecule has 2 rings (SSSR count). The van der Waals surface area contributed by atoms with E-state index in [4.69, 9.17) is 17.3 Å². The SMILES string of the molecule is O=C(O)c1ccc(/C=N/n2cn[nH]c2=S)cc1. The Kier molecular flexibility index (Phi) is 3.10. The van der Waals surface area contributed by atoms with E-state index in [1.807, 2.05) is 0 Å². The number of carboxylic acids is 1. The van der Waals surface area contributed by atoms with Crippen molar-refractivity contribution in [2.75, 3.05) is 0 Å². The van der Waals surface area contributed by atoms with Crippen LogP contribution < -0.4 is 0 Å². The standard InChI is InChI=1S/C10H8N4O2S/c15-9(16)8-3-1-7(2-4-8)5-12-14-6-11-13-10(14)17/h1-6H,(H,13,17)(H,15,16)/b12-5+. The van der Waals surface area contributed by atoms with Gasteiger partial charge in [-0.3, -0.25) is 5.10 Å². The van der Waals surface area contributed by atoms with Crippen LogP contribution in [-0.4, -0.2) is 32.2 Å². The lowest BCUT2D eigenvalue weighted by atomic mass is 10.1. The smallest absolute Gasteiger partial charge is 0.335 e. The molecule has 86 valence electrons. The van der Waals surface area contributed by atoms with Gasteiger partial charge in [-0.1, -0.05) is 12.1 Å². The lowest BCUT2D eigenvalue weighted by Gasteiger charge is -1.95. The molecule has 0 saturated heterocycles. The number of rotatable bonds is 3. The van der Waals surface area contributed by atoms with Gasteiger partial charge >= 0.3 is 5.97 Å². The lowest BCUT2D eigenvalue weighted by molar-refractivity contribution is 0.0697. The van der Waals surface area contributed by atoms with Crippen molar-refractivity contribution in [1.29, 1.82) is 0 Å². The maximum atomic E-state index is 10.6. The van der Waals surface area contributed by atoms with Gasteiger partial charge in [0.15, 0.2) is 0 Å². The van der Waals surface area contributed by atoms with E-state index in [0.29, 0.717) is 4.77 Å². The van der Waals surface area contributed by atoms with E-state index in [1.165, 1.54) is 23.1 Å². The molecule has 0 bridgehead atoms. The average molecular weight is 248 g/mol. The molecule has 0 spiro atoms. The molecule has 0 atom stereocenters. The quantitative estimate of drug-likeness (QED) is 0.637. The average Bonchev–Trinajstić information content (AvgIpc) is 2.73. The van der Waals surface area contributed by atoms with Crippen LogP contribution >= 0.6 is 12.2 Å². The predicted molar refractivity (Wildman–Crippen MR) is 63.8 cm³/mol. The Hall–Kier alpha value is -2.28. The first-order chi connectivity index (χ1) is 8.16. The van der Waals surface area contributed by atoms with E-state index >= 15 is 0 Å². The molecule has 0 aliphatic carbocycles. The second kappa shape index (κ2) is 4.71. The number of nitrogens with one attached hydrogen (secondary N) is 1. The Balaban J connectivity index is 2.20. The van der Waals surface area contributed by atoms with Crippen LogP contribution in [0.25, 0.3) is 0 Å². The second-order valence-corrected chi connectivity index (χ2v) is 3.56. The van der Waals surface area contributed by atoms with Gasteiger partial charge < -0.3 is 5.11 Å². The molecule has 0 aliphatic rings. The number of aromatic amines is 1. The third kappa shape index (κ3) is 2.64. The van der Waals surface area contributed by atoms with E-state index in [0.717, 1.165) is 5.56 Å². The van der Waals surface area contributed by atoms with Gasteiger partial charge in [0.25, 0.3) is 0 Å². The molecule has 0 amide bonds. The number of carbonyl (C=O) groups is 1. The first-order valence-electron chi connectivity index (χ1n) is 4.66. The highest BCUT2D eigenvalue weighted by atomic mass is 32.1. The molecule has 2 aromatic rings. The molecular formula is C10H8N4O2S. The lowest BCUT2D eigenvalue weighted by Crippen LogP contribution is -1.96. The van der Waals surface area contributed by atoms with Crippen molar-refractivity contribution in [3.05, 3.63) is 46.5 Å². The van der Waals surface area contributed by atoms with Crippen molar-refractivity contribution in [3.63, 3.8) is 0 Å². The summed E-state index contributed by atoms with van der Waals surface area (Å²) in [6.07, 6.45) is 3.02. The molecule has 0 fully saturated rings. The molecule has 0 saturated carbocycles. The number of nitrogens with zero attached hydrogens (tertiary/aromatic N) is 3. The van der Waals surface area contributed by atoms with E-state index in [2.05, 4.69) is 15.3 Å². The van der Waals surface area contributed by atoms with Crippen LogP contribution in [0.15, 0.2) is 35.7 Å². The summed E-state index contributed by atoms with van der Waals surface area (Å²) in [6.45, 7) is 0. The van der Waals surface area contributed by atoms with Crippen LogP contribution in [-0.2, 0) is 0 Å². The molecule has 6 nitrogen and oxygen atoms in total. The van der Waals surface area contributed by atoms with Crippen LogP contribution in [0.5, 0.6) is 0 Å². The highest BCUT2D eigenvalue weighted by Crippen LogP contribution is 2.02. The largest absolute Gasteiger partial charge is 0.478 e. The summed E-state index contributed by atoms with van der Waals surface area (Å²) >= 11 is 4.91. The van der Waals surface area contributed by atoms with Gasteiger partial charge in [-0.25, -0.2) is 4.79 Å². The van der Waals surface area contributed by atoms with Crippen LogP contribution in [0, 0.1) is 4.77 Å². The molecule has 0 aliphatic heterocycles. The molecule has 0 radical (unpaired) electrons. The molecule has 0 unspecified atom stereocenters. The fraction of sp³-hybridized carbons (Fsp3) is 0. The summed E-state index contributed by atoms with van der Waals surface area (Å²) in [5.74, 6) is -0.953. The number of aromatic carboxylic acids is 1. The molecule has 1 heterocycles. The van der Waals surface area contributed by atoms with Crippen molar-refractivity contribution >= 4 is 24.4 Å². The monoisotopic (exact) mass is 248 g/mol. The minimum Gasteiger partial charge on any atom is -0.478 e. The highest BCUT2D eigenvalue weighted by Gasteiger charge is 2.00. The van der Waals surface area contributed by atoms with Crippen molar-refractivity contribution in [2.45, 2.75) is 0 Å². The molecular weight excluding hydrogens is 240 g/mol. The maximum Gasteiger partial charge on any atom is 0.335 e. The summed E-state index contributed by atoms with van der Waals surface area (Å²) in [4.78, 5) is 10.6. The normalized spacial score (nSPS) is 10.8. The van der Waals surface area contributed by atoms with Crippen molar-refractivity contribution < 1.29 is 9.90 Å². The number of aromatic nitrogens is 3. The Morgan fingerprint density at radius 2 is 2.18 bits per heavy atom. The zero-order valence-corrected chi connectivity index (χ0v) is 9.39. The number of hydrogen-bond acceptors (Lipinski definition) is 4. The summed E-state index contributed by atoms with van der Waals surface area (Å²) in [5.41, 5.74) is 1.01. The van der Waals surface area contributed by atoms with Gasteiger partial charge in [0.05, 0.1) is 11.8 Å². The Morgan fingerprint density at radius 1 is 1.47 bits per heavy atom. The van der Waals surface area contributed by atoms with E-state index < -0.39 is 5.97 Å².